The summed E-state index contributed by atoms with van der Waals surface area (Å²) in [4.78, 5) is 13.9. The third-order valence-corrected chi connectivity index (χ3v) is 5.48. The molecule has 0 bridgehead atoms. The van der Waals surface area contributed by atoms with E-state index < -0.39 is 5.41 Å². The van der Waals surface area contributed by atoms with E-state index in [1.54, 1.807) is 11.3 Å². The highest BCUT2D eigenvalue weighted by atomic mass is 32.1. The highest BCUT2D eigenvalue weighted by Crippen LogP contribution is 2.49. The molecule has 0 atom stereocenters. The molecule has 1 aliphatic rings. The molecule has 1 aromatic carbocycles. The summed E-state index contributed by atoms with van der Waals surface area (Å²) >= 11 is 1.60. The fraction of sp³-hybridized carbons (Fsp3) is 0.263. The smallest absolute Gasteiger partial charge is 0.236 e. The van der Waals surface area contributed by atoms with Gasteiger partial charge in [0, 0.05) is 11.8 Å². The first kappa shape index (κ1) is 15.1. The Morgan fingerprint density at radius 1 is 1.29 bits per heavy atom. The van der Waals surface area contributed by atoms with Crippen LogP contribution < -0.4 is 5.32 Å². The minimum Gasteiger partial charge on any atom is -0.355 e. The second kappa shape index (κ2) is 5.91. The molecule has 0 saturated heterocycles. The quantitative estimate of drug-likeness (QED) is 0.737. The van der Waals surface area contributed by atoms with Crippen molar-refractivity contribution in [1.29, 1.82) is 0 Å². The summed E-state index contributed by atoms with van der Waals surface area (Å²) in [5.74, 6) is 0.738. The van der Waals surface area contributed by atoms with E-state index in [1.807, 2.05) is 47.8 Å². The van der Waals surface area contributed by atoms with Crippen molar-refractivity contribution in [3.05, 3.63) is 59.1 Å². The highest BCUT2D eigenvalue weighted by molar-refractivity contribution is 7.13. The lowest BCUT2D eigenvalue weighted by Crippen LogP contribution is -2.28. The van der Waals surface area contributed by atoms with E-state index in [2.05, 4.69) is 17.4 Å². The van der Waals surface area contributed by atoms with Crippen LogP contribution >= 0.6 is 11.3 Å². The lowest BCUT2D eigenvalue weighted by molar-refractivity contribution is -0.118. The maximum Gasteiger partial charge on any atom is 0.236 e. The molecule has 3 aromatic rings. The molecule has 0 spiro atoms. The van der Waals surface area contributed by atoms with Gasteiger partial charge in [-0.3, -0.25) is 4.79 Å². The Kier molecular flexibility index (Phi) is 3.73. The Morgan fingerprint density at radius 3 is 2.83 bits per heavy atom. The number of aromatic nitrogens is 1. The molecule has 122 valence electrons. The third-order valence-electron chi connectivity index (χ3n) is 4.60. The number of nitrogens with one attached hydrogen (secondary N) is 1. The van der Waals surface area contributed by atoms with E-state index >= 15 is 0 Å². The van der Waals surface area contributed by atoms with Gasteiger partial charge in [0.2, 0.25) is 5.91 Å². The second-order valence-corrected chi connectivity index (χ2v) is 7.05. The molecular weight excluding hydrogens is 320 g/mol. The van der Waals surface area contributed by atoms with Crippen LogP contribution in [0.5, 0.6) is 0 Å². The van der Waals surface area contributed by atoms with Gasteiger partial charge in [-0.25, -0.2) is 0 Å². The monoisotopic (exact) mass is 338 g/mol. The summed E-state index contributed by atoms with van der Waals surface area (Å²) in [7, 11) is 0. The average molecular weight is 338 g/mol. The van der Waals surface area contributed by atoms with Crippen LogP contribution in [0, 0.1) is 0 Å². The van der Waals surface area contributed by atoms with Crippen molar-refractivity contribution in [3.63, 3.8) is 0 Å². The number of aryl methyl sites for hydroxylation is 1. The van der Waals surface area contributed by atoms with Gasteiger partial charge >= 0.3 is 0 Å². The van der Waals surface area contributed by atoms with Gasteiger partial charge in [0.05, 0.1) is 16.0 Å². The van der Waals surface area contributed by atoms with Crippen molar-refractivity contribution in [2.24, 2.45) is 0 Å². The van der Waals surface area contributed by atoms with Crippen molar-refractivity contribution in [2.45, 2.75) is 31.6 Å². The molecule has 0 unspecified atom stereocenters. The maximum absolute atomic E-state index is 12.9. The van der Waals surface area contributed by atoms with Gasteiger partial charge in [-0.15, -0.1) is 11.3 Å². The van der Waals surface area contributed by atoms with Gasteiger partial charge in [-0.1, -0.05) is 36.3 Å². The summed E-state index contributed by atoms with van der Waals surface area (Å²) in [6, 6.07) is 13.8. The van der Waals surface area contributed by atoms with Crippen molar-refractivity contribution >= 4 is 22.9 Å². The minimum absolute atomic E-state index is 0.00873. The molecule has 1 fully saturated rings. The predicted octanol–water partition coefficient (Wildman–Crippen LogP) is 4.64. The SMILES string of the molecule is CCc1ccccc1NC(=O)C1(c2cc(-c3cccs3)on2)CC1. The largest absolute Gasteiger partial charge is 0.355 e. The standard InChI is InChI=1S/C19H18N2O2S/c1-2-13-6-3-4-7-14(13)20-18(22)19(9-10-19)17-12-15(23-21-17)16-8-5-11-24-16/h3-8,11-12H,2,9-10H2,1H3,(H,20,22). The Morgan fingerprint density at radius 2 is 2.12 bits per heavy atom. The van der Waals surface area contributed by atoms with E-state index in [1.165, 1.54) is 0 Å². The highest BCUT2D eigenvalue weighted by Gasteiger charge is 2.54. The maximum atomic E-state index is 12.9. The number of hydrogen-bond acceptors (Lipinski definition) is 4. The van der Waals surface area contributed by atoms with E-state index in [9.17, 15) is 4.79 Å². The third kappa shape index (κ3) is 2.55. The zero-order valence-corrected chi connectivity index (χ0v) is 14.2. The molecule has 4 rings (SSSR count). The van der Waals surface area contributed by atoms with Crippen LogP contribution in [0.15, 0.2) is 52.4 Å². The number of amides is 1. The Bertz CT molecular complexity index is 863. The number of benzene rings is 1. The molecule has 1 aliphatic carbocycles. The lowest BCUT2D eigenvalue weighted by atomic mass is 10.0. The molecule has 1 amide bonds. The molecule has 24 heavy (non-hydrogen) atoms. The van der Waals surface area contributed by atoms with Crippen LogP contribution in [0.3, 0.4) is 0 Å². The number of carbonyl (C=O) groups excluding carboxylic acids is 1. The number of thiophene rings is 1. The average Bonchev–Trinajstić information content (AvgIpc) is 3.02. The summed E-state index contributed by atoms with van der Waals surface area (Å²) < 4.78 is 5.46. The molecule has 5 heteroatoms. The topological polar surface area (TPSA) is 55.1 Å². The second-order valence-electron chi connectivity index (χ2n) is 6.10. The van der Waals surface area contributed by atoms with E-state index in [-0.39, 0.29) is 5.91 Å². The van der Waals surface area contributed by atoms with Crippen molar-refractivity contribution in [3.8, 4) is 10.6 Å². The van der Waals surface area contributed by atoms with E-state index in [4.69, 9.17) is 4.52 Å². The first-order valence-electron chi connectivity index (χ1n) is 8.13. The number of anilines is 1. The molecule has 2 aromatic heterocycles. The van der Waals surface area contributed by atoms with Gasteiger partial charge in [0.1, 0.15) is 0 Å². The Hall–Kier alpha value is -2.40. The number of hydrogen-bond donors (Lipinski definition) is 1. The summed E-state index contributed by atoms with van der Waals surface area (Å²) in [6.07, 6.45) is 2.50. The van der Waals surface area contributed by atoms with Gasteiger partial charge in [-0.2, -0.15) is 0 Å². The van der Waals surface area contributed by atoms with E-state index in [0.717, 1.165) is 46.8 Å². The first-order chi connectivity index (χ1) is 11.7. The van der Waals surface area contributed by atoms with Crippen LogP contribution in [0.25, 0.3) is 10.6 Å². The van der Waals surface area contributed by atoms with Gasteiger partial charge in [-0.05, 0) is 42.3 Å². The Balaban J connectivity index is 1.58. The van der Waals surface area contributed by atoms with Crippen LogP contribution in [-0.2, 0) is 16.6 Å². The van der Waals surface area contributed by atoms with Gasteiger partial charge in [0.25, 0.3) is 0 Å². The fourth-order valence-electron chi connectivity index (χ4n) is 2.95. The normalized spacial score (nSPS) is 15.2. The van der Waals surface area contributed by atoms with Crippen molar-refractivity contribution < 1.29 is 9.32 Å². The zero-order chi connectivity index (χ0) is 16.6. The van der Waals surface area contributed by atoms with E-state index in [0.29, 0.717) is 0 Å². The number of carbonyl (C=O) groups is 1. The molecule has 4 nitrogen and oxygen atoms in total. The Labute approximate surface area is 144 Å². The molecule has 1 saturated carbocycles. The van der Waals surface area contributed by atoms with Gasteiger partial charge < -0.3 is 9.84 Å². The minimum atomic E-state index is -0.542. The summed E-state index contributed by atoms with van der Waals surface area (Å²) in [5, 5.41) is 9.27. The van der Waals surface area contributed by atoms with Crippen LogP contribution in [0.2, 0.25) is 0 Å². The summed E-state index contributed by atoms with van der Waals surface area (Å²) in [6.45, 7) is 2.09. The predicted molar refractivity (Wildman–Crippen MR) is 95.2 cm³/mol. The molecule has 0 radical (unpaired) electrons. The lowest BCUT2D eigenvalue weighted by Gasteiger charge is -2.14. The van der Waals surface area contributed by atoms with Crippen LogP contribution in [-0.4, -0.2) is 11.1 Å². The number of nitrogens with zero attached hydrogens (tertiary/aromatic N) is 1. The summed E-state index contributed by atoms with van der Waals surface area (Å²) in [5.41, 5.74) is 2.22. The van der Waals surface area contributed by atoms with Gasteiger partial charge in [0.15, 0.2) is 5.76 Å². The number of para-hydroxylation sites is 1. The van der Waals surface area contributed by atoms with Crippen molar-refractivity contribution in [1.82, 2.24) is 5.16 Å². The fourth-order valence-corrected chi connectivity index (χ4v) is 3.63. The van der Waals surface area contributed by atoms with Crippen LogP contribution in [0.4, 0.5) is 5.69 Å². The molecule has 1 N–H and O–H groups in total. The molecule has 2 heterocycles. The zero-order valence-electron chi connectivity index (χ0n) is 13.4. The van der Waals surface area contributed by atoms with Crippen LogP contribution in [0.1, 0.15) is 31.0 Å². The number of rotatable bonds is 5. The molecular formula is C19H18N2O2S. The van der Waals surface area contributed by atoms with Crippen molar-refractivity contribution in [2.75, 3.05) is 5.32 Å². The first-order valence-corrected chi connectivity index (χ1v) is 9.01. The molecule has 0 aliphatic heterocycles.